The number of hydrogen-bond donors (Lipinski definition) is 1. The third-order valence-electron chi connectivity index (χ3n) is 3.15. The number of halogens is 1. The topological polar surface area (TPSA) is 12.0 Å². The summed E-state index contributed by atoms with van der Waals surface area (Å²) in [5.41, 5.74) is 6.65. The molecule has 0 bridgehead atoms. The van der Waals surface area contributed by atoms with Crippen LogP contribution in [0.5, 0.6) is 0 Å². The summed E-state index contributed by atoms with van der Waals surface area (Å²) in [5, 5.41) is 3.49. The fourth-order valence-corrected chi connectivity index (χ4v) is 2.61. The molecular formula is C16H18IN. The van der Waals surface area contributed by atoms with E-state index in [4.69, 9.17) is 0 Å². The first-order valence-electron chi connectivity index (χ1n) is 6.12. The van der Waals surface area contributed by atoms with E-state index in [1.165, 1.54) is 31.5 Å². The summed E-state index contributed by atoms with van der Waals surface area (Å²) in [6, 6.07) is 13.0. The lowest BCUT2D eigenvalue weighted by atomic mass is 10.00. The van der Waals surface area contributed by atoms with Crippen LogP contribution in [0.2, 0.25) is 0 Å². The van der Waals surface area contributed by atoms with E-state index in [-0.39, 0.29) is 0 Å². The number of benzene rings is 2. The van der Waals surface area contributed by atoms with Crippen molar-refractivity contribution in [1.29, 1.82) is 0 Å². The standard InChI is InChI=1S/C16H18IN/c1-11-8-12(2)16(13(3)9-11)10-18-15-6-4-14(17)5-7-15/h4-9,18H,10H2,1-3H3. The minimum atomic E-state index is 0.887. The molecule has 2 aromatic rings. The molecule has 0 heterocycles. The Labute approximate surface area is 123 Å². The van der Waals surface area contributed by atoms with E-state index in [9.17, 15) is 0 Å². The minimum Gasteiger partial charge on any atom is -0.381 e. The summed E-state index contributed by atoms with van der Waals surface area (Å²) >= 11 is 2.32. The Morgan fingerprint density at radius 1 is 0.944 bits per heavy atom. The van der Waals surface area contributed by atoms with Crippen LogP contribution in [0.3, 0.4) is 0 Å². The second-order valence-corrected chi connectivity index (χ2v) is 5.98. The molecule has 2 aromatic carbocycles. The summed E-state index contributed by atoms with van der Waals surface area (Å²) in [4.78, 5) is 0. The van der Waals surface area contributed by atoms with E-state index >= 15 is 0 Å². The maximum atomic E-state index is 3.49. The molecule has 94 valence electrons. The molecule has 0 aliphatic heterocycles. The van der Waals surface area contributed by atoms with Crippen LogP contribution in [0.15, 0.2) is 36.4 Å². The zero-order chi connectivity index (χ0) is 13.1. The molecule has 1 nitrogen and oxygen atoms in total. The van der Waals surface area contributed by atoms with Crippen molar-refractivity contribution in [3.8, 4) is 0 Å². The van der Waals surface area contributed by atoms with Gasteiger partial charge >= 0.3 is 0 Å². The predicted molar refractivity (Wildman–Crippen MR) is 87.1 cm³/mol. The third kappa shape index (κ3) is 3.25. The minimum absolute atomic E-state index is 0.887. The number of hydrogen-bond acceptors (Lipinski definition) is 1. The molecule has 0 radical (unpaired) electrons. The number of aryl methyl sites for hydroxylation is 3. The Bertz CT molecular complexity index is 521. The molecule has 0 saturated carbocycles. The van der Waals surface area contributed by atoms with Gasteiger partial charge in [0.25, 0.3) is 0 Å². The first-order valence-corrected chi connectivity index (χ1v) is 7.20. The SMILES string of the molecule is Cc1cc(C)c(CNc2ccc(I)cc2)c(C)c1. The van der Waals surface area contributed by atoms with Crippen LogP contribution in [-0.2, 0) is 6.54 Å². The van der Waals surface area contributed by atoms with Crippen LogP contribution in [0.4, 0.5) is 5.69 Å². The summed E-state index contributed by atoms with van der Waals surface area (Å²) < 4.78 is 1.26. The molecule has 0 unspecified atom stereocenters. The highest BCUT2D eigenvalue weighted by atomic mass is 127. The molecule has 0 spiro atoms. The van der Waals surface area contributed by atoms with Gasteiger partial charge in [0.1, 0.15) is 0 Å². The van der Waals surface area contributed by atoms with Crippen LogP contribution in [0.1, 0.15) is 22.3 Å². The van der Waals surface area contributed by atoms with Crippen LogP contribution in [-0.4, -0.2) is 0 Å². The van der Waals surface area contributed by atoms with Gasteiger partial charge in [-0.25, -0.2) is 0 Å². The predicted octanol–water partition coefficient (Wildman–Crippen LogP) is 4.83. The van der Waals surface area contributed by atoms with Crippen LogP contribution in [0, 0.1) is 24.3 Å². The van der Waals surface area contributed by atoms with Crippen molar-refractivity contribution >= 4 is 28.3 Å². The third-order valence-corrected chi connectivity index (χ3v) is 3.87. The van der Waals surface area contributed by atoms with E-state index in [0.717, 1.165) is 6.54 Å². The molecule has 0 aliphatic carbocycles. The lowest BCUT2D eigenvalue weighted by Gasteiger charge is -2.13. The van der Waals surface area contributed by atoms with E-state index in [1.807, 2.05) is 0 Å². The van der Waals surface area contributed by atoms with Gasteiger partial charge in [-0.05, 0) is 84.3 Å². The summed E-state index contributed by atoms with van der Waals surface area (Å²) in [6.07, 6.45) is 0. The van der Waals surface area contributed by atoms with Crippen molar-refractivity contribution in [2.75, 3.05) is 5.32 Å². The molecule has 0 fully saturated rings. The van der Waals surface area contributed by atoms with Gasteiger partial charge in [0.2, 0.25) is 0 Å². The molecule has 0 saturated heterocycles. The summed E-state index contributed by atoms with van der Waals surface area (Å²) in [5.74, 6) is 0. The van der Waals surface area contributed by atoms with Gasteiger partial charge < -0.3 is 5.32 Å². The van der Waals surface area contributed by atoms with Gasteiger partial charge in [-0.2, -0.15) is 0 Å². The Morgan fingerprint density at radius 2 is 1.50 bits per heavy atom. The van der Waals surface area contributed by atoms with Crippen molar-refractivity contribution in [1.82, 2.24) is 0 Å². The Kier molecular flexibility index (Phi) is 4.27. The largest absolute Gasteiger partial charge is 0.381 e. The van der Waals surface area contributed by atoms with Gasteiger partial charge in [-0.3, -0.25) is 0 Å². The van der Waals surface area contributed by atoms with Crippen molar-refractivity contribution in [3.63, 3.8) is 0 Å². The molecule has 0 atom stereocenters. The second kappa shape index (κ2) is 5.74. The maximum absolute atomic E-state index is 3.49. The molecule has 1 N–H and O–H groups in total. The van der Waals surface area contributed by atoms with E-state index < -0.39 is 0 Å². The first kappa shape index (κ1) is 13.4. The van der Waals surface area contributed by atoms with Gasteiger partial charge in [-0.1, -0.05) is 17.7 Å². The van der Waals surface area contributed by atoms with Crippen molar-refractivity contribution in [2.45, 2.75) is 27.3 Å². The fraction of sp³-hybridized carbons (Fsp3) is 0.250. The van der Waals surface area contributed by atoms with Gasteiger partial charge in [0, 0.05) is 15.8 Å². The Hall–Kier alpha value is -1.03. The van der Waals surface area contributed by atoms with E-state index in [1.54, 1.807) is 0 Å². The lowest BCUT2D eigenvalue weighted by Crippen LogP contribution is -2.04. The van der Waals surface area contributed by atoms with Crippen LogP contribution >= 0.6 is 22.6 Å². The molecule has 18 heavy (non-hydrogen) atoms. The first-order chi connectivity index (χ1) is 8.56. The number of nitrogens with one attached hydrogen (secondary N) is 1. The zero-order valence-electron chi connectivity index (χ0n) is 11.0. The highest BCUT2D eigenvalue weighted by Gasteiger charge is 2.03. The monoisotopic (exact) mass is 351 g/mol. The van der Waals surface area contributed by atoms with Crippen molar-refractivity contribution in [2.24, 2.45) is 0 Å². The quantitative estimate of drug-likeness (QED) is 0.781. The Morgan fingerprint density at radius 3 is 2.06 bits per heavy atom. The molecular weight excluding hydrogens is 333 g/mol. The molecule has 0 amide bonds. The zero-order valence-corrected chi connectivity index (χ0v) is 13.2. The van der Waals surface area contributed by atoms with Crippen molar-refractivity contribution in [3.05, 3.63) is 62.2 Å². The molecule has 2 heteroatoms. The van der Waals surface area contributed by atoms with E-state index in [0.29, 0.717) is 0 Å². The average molecular weight is 351 g/mol. The normalized spacial score (nSPS) is 10.4. The maximum Gasteiger partial charge on any atom is 0.0406 e. The number of anilines is 1. The van der Waals surface area contributed by atoms with Gasteiger partial charge in [-0.15, -0.1) is 0 Å². The molecule has 0 aromatic heterocycles. The van der Waals surface area contributed by atoms with Gasteiger partial charge in [0.15, 0.2) is 0 Å². The Balaban J connectivity index is 2.13. The summed E-state index contributed by atoms with van der Waals surface area (Å²) in [7, 11) is 0. The highest BCUT2D eigenvalue weighted by molar-refractivity contribution is 14.1. The number of rotatable bonds is 3. The summed E-state index contributed by atoms with van der Waals surface area (Å²) in [6.45, 7) is 7.41. The van der Waals surface area contributed by atoms with Crippen LogP contribution < -0.4 is 5.32 Å². The lowest BCUT2D eigenvalue weighted by molar-refractivity contribution is 1.08. The fourth-order valence-electron chi connectivity index (χ4n) is 2.25. The second-order valence-electron chi connectivity index (χ2n) is 4.74. The smallest absolute Gasteiger partial charge is 0.0406 e. The van der Waals surface area contributed by atoms with Crippen molar-refractivity contribution < 1.29 is 0 Å². The van der Waals surface area contributed by atoms with E-state index in [2.05, 4.69) is 85.1 Å². The van der Waals surface area contributed by atoms with Crippen LogP contribution in [0.25, 0.3) is 0 Å². The average Bonchev–Trinajstić information content (AvgIpc) is 2.30. The molecule has 0 aliphatic rings. The molecule has 2 rings (SSSR count). The van der Waals surface area contributed by atoms with Gasteiger partial charge in [0.05, 0.1) is 0 Å². The highest BCUT2D eigenvalue weighted by Crippen LogP contribution is 2.18.